The number of benzene rings is 4. The summed E-state index contributed by atoms with van der Waals surface area (Å²) in [6.45, 7) is 0.328. The number of hydrogen-bond acceptors (Lipinski definition) is 5. The van der Waals surface area contributed by atoms with Gasteiger partial charge in [0.2, 0.25) is 5.91 Å². The van der Waals surface area contributed by atoms with E-state index in [0.717, 1.165) is 33.0 Å². The van der Waals surface area contributed by atoms with E-state index in [2.05, 4.69) is 5.32 Å². The zero-order chi connectivity index (χ0) is 27.2. The number of rotatable bonds is 7. The smallest absolute Gasteiger partial charge is 0.411 e. The molecule has 0 fully saturated rings. The van der Waals surface area contributed by atoms with Crippen molar-refractivity contribution in [3.05, 3.63) is 119 Å². The van der Waals surface area contributed by atoms with Crippen LogP contribution in [0.15, 0.2) is 97.1 Å². The van der Waals surface area contributed by atoms with Gasteiger partial charge in [-0.15, -0.1) is 0 Å². The molecule has 1 aliphatic heterocycles. The number of nitrogens with zero attached hydrogens (tertiary/aromatic N) is 1. The van der Waals surface area contributed by atoms with Gasteiger partial charge < -0.3 is 14.8 Å². The average molecular weight is 523 g/mol. The second-order valence-corrected chi connectivity index (χ2v) is 9.63. The number of esters is 1. The molecule has 1 N–H and O–H groups in total. The first kappa shape index (κ1) is 26.0. The van der Waals surface area contributed by atoms with E-state index in [1.807, 2.05) is 97.1 Å². The molecule has 7 nitrogen and oxygen atoms in total. The molecule has 2 atom stereocenters. The van der Waals surface area contributed by atoms with Crippen LogP contribution in [0.25, 0.3) is 10.8 Å². The summed E-state index contributed by atoms with van der Waals surface area (Å²) in [5.74, 6) is -0.983. The molecule has 0 unspecified atom stereocenters. The SMILES string of the molecule is COC(=O)[C@H](Cc1ccc2ccccc2c1)NC(=O)[C@@H]1Cc2ccccc2CN1C(=O)OCc1ccccc1. The highest BCUT2D eigenvalue weighted by Gasteiger charge is 2.37. The monoisotopic (exact) mass is 522 g/mol. The third kappa shape index (κ3) is 6.09. The maximum absolute atomic E-state index is 13.7. The molecule has 5 rings (SSSR count). The van der Waals surface area contributed by atoms with E-state index in [9.17, 15) is 14.4 Å². The fourth-order valence-corrected chi connectivity index (χ4v) is 4.96. The molecule has 4 aromatic rings. The lowest BCUT2D eigenvalue weighted by atomic mass is 9.93. The van der Waals surface area contributed by atoms with Crippen LogP contribution in [0.5, 0.6) is 0 Å². The Bertz CT molecular complexity index is 1490. The molecular formula is C32H30N2O5. The van der Waals surface area contributed by atoms with Crippen molar-refractivity contribution in [2.24, 2.45) is 0 Å². The van der Waals surface area contributed by atoms with Crippen molar-refractivity contribution in [1.82, 2.24) is 10.2 Å². The molecular weight excluding hydrogens is 492 g/mol. The summed E-state index contributed by atoms with van der Waals surface area (Å²) < 4.78 is 10.6. The van der Waals surface area contributed by atoms with E-state index in [0.29, 0.717) is 6.42 Å². The number of fused-ring (bicyclic) bond motifs is 2. The molecule has 0 saturated heterocycles. The predicted octanol–water partition coefficient (Wildman–Crippen LogP) is 4.80. The molecule has 0 spiro atoms. The standard InChI is InChI=1S/C32H30N2O5/c1-38-31(36)28(18-23-15-16-24-11-5-6-12-25(24)17-23)33-30(35)29-19-26-13-7-8-14-27(26)20-34(29)32(37)39-21-22-9-3-2-4-10-22/h2-17,28-29H,18-21H2,1H3,(H,33,35)/t28-,29-/m0/s1. The molecule has 0 radical (unpaired) electrons. The van der Waals surface area contributed by atoms with Crippen molar-refractivity contribution < 1.29 is 23.9 Å². The third-order valence-electron chi connectivity index (χ3n) is 7.05. The van der Waals surface area contributed by atoms with Crippen molar-refractivity contribution in [2.45, 2.75) is 38.1 Å². The first-order valence-corrected chi connectivity index (χ1v) is 12.9. The quantitative estimate of drug-likeness (QED) is 0.353. The van der Waals surface area contributed by atoms with Crippen LogP contribution in [0, 0.1) is 0 Å². The van der Waals surface area contributed by atoms with Crippen molar-refractivity contribution in [3.63, 3.8) is 0 Å². The Kier molecular flexibility index (Phi) is 7.87. The molecule has 1 aliphatic rings. The molecule has 0 bridgehead atoms. The summed E-state index contributed by atoms with van der Waals surface area (Å²) in [6, 6.07) is 29.2. The van der Waals surface area contributed by atoms with Gasteiger partial charge in [-0.1, -0.05) is 97.1 Å². The van der Waals surface area contributed by atoms with E-state index in [1.54, 1.807) is 0 Å². The van der Waals surface area contributed by atoms with Crippen LogP contribution in [0.2, 0.25) is 0 Å². The van der Waals surface area contributed by atoms with Gasteiger partial charge in [-0.3, -0.25) is 9.69 Å². The largest absolute Gasteiger partial charge is 0.467 e. The Morgan fingerprint density at radius 3 is 2.31 bits per heavy atom. The molecule has 1 heterocycles. The molecule has 39 heavy (non-hydrogen) atoms. The van der Waals surface area contributed by atoms with E-state index in [4.69, 9.17) is 9.47 Å². The molecule has 198 valence electrons. The molecule has 0 aliphatic carbocycles. The van der Waals surface area contributed by atoms with Crippen molar-refractivity contribution >= 4 is 28.7 Å². The van der Waals surface area contributed by atoms with Gasteiger partial charge in [0, 0.05) is 12.8 Å². The summed E-state index contributed by atoms with van der Waals surface area (Å²) in [5, 5.41) is 4.99. The van der Waals surface area contributed by atoms with Gasteiger partial charge in [0.25, 0.3) is 0 Å². The Morgan fingerprint density at radius 2 is 1.54 bits per heavy atom. The zero-order valence-corrected chi connectivity index (χ0v) is 21.7. The Balaban J connectivity index is 1.35. The van der Waals surface area contributed by atoms with Crippen LogP contribution < -0.4 is 5.32 Å². The van der Waals surface area contributed by atoms with Gasteiger partial charge in [-0.2, -0.15) is 0 Å². The van der Waals surface area contributed by atoms with E-state index < -0.39 is 30.1 Å². The molecule has 0 aromatic heterocycles. The van der Waals surface area contributed by atoms with Crippen LogP contribution in [-0.2, 0) is 45.1 Å². The van der Waals surface area contributed by atoms with Crippen LogP contribution in [0.1, 0.15) is 22.3 Å². The van der Waals surface area contributed by atoms with Crippen molar-refractivity contribution in [3.8, 4) is 0 Å². The summed E-state index contributed by atoms with van der Waals surface area (Å²) in [6.07, 6.45) is -0.0187. The van der Waals surface area contributed by atoms with Gasteiger partial charge in [0.05, 0.1) is 13.7 Å². The fourth-order valence-electron chi connectivity index (χ4n) is 4.96. The van der Waals surface area contributed by atoms with Gasteiger partial charge in [-0.25, -0.2) is 9.59 Å². The van der Waals surface area contributed by atoms with E-state index in [1.165, 1.54) is 12.0 Å². The van der Waals surface area contributed by atoms with E-state index >= 15 is 0 Å². The van der Waals surface area contributed by atoms with Crippen LogP contribution >= 0.6 is 0 Å². The van der Waals surface area contributed by atoms with Gasteiger partial charge in [0.1, 0.15) is 18.7 Å². The lowest BCUT2D eigenvalue weighted by Gasteiger charge is -2.35. The first-order chi connectivity index (χ1) is 19.0. The highest BCUT2D eigenvalue weighted by Crippen LogP contribution is 2.25. The Hall–Kier alpha value is -4.65. The highest BCUT2D eigenvalue weighted by molar-refractivity contribution is 5.90. The lowest BCUT2D eigenvalue weighted by molar-refractivity contribution is -0.145. The number of methoxy groups -OCH3 is 1. The lowest BCUT2D eigenvalue weighted by Crippen LogP contribution is -2.56. The van der Waals surface area contributed by atoms with Crippen LogP contribution in [0.4, 0.5) is 4.79 Å². The number of carbonyl (C=O) groups excluding carboxylic acids is 3. The molecule has 0 saturated carbocycles. The maximum Gasteiger partial charge on any atom is 0.411 e. The highest BCUT2D eigenvalue weighted by atomic mass is 16.6. The third-order valence-corrected chi connectivity index (χ3v) is 7.05. The fraction of sp³-hybridized carbons (Fsp3) is 0.219. The number of nitrogens with one attached hydrogen (secondary N) is 1. The van der Waals surface area contributed by atoms with Crippen LogP contribution in [0.3, 0.4) is 0 Å². The zero-order valence-electron chi connectivity index (χ0n) is 21.7. The number of hydrogen-bond donors (Lipinski definition) is 1. The van der Waals surface area contributed by atoms with Crippen LogP contribution in [-0.4, -0.2) is 42.1 Å². The van der Waals surface area contributed by atoms with Gasteiger partial charge in [-0.05, 0) is 33.0 Å². The Morgan fingerprint density at radius 1 is 0.846 bits per heavy atom. The van der Waals surface area contributed by atoms with Crippen molar-refractivity contribution in [1.29, 1.82) is 0 Å². The summed E-state index contributed by atoms with van der Waals surface area (Å²) >= 11 is 0. The van der Waals surface area contributed by atoms with Gasteiger partial charge >= 0.3 is 12.1 Å². The average Bonchev–Trinajstić information content (AvgIpc) is 2.98. The maximum atomic E-state index is 13.7. The second-order valence-electron chi connectivity index (χ2n) is 9.63. The number of ether oxygens (including phenoxy) is 2. The summed E-state index contributed by atoms with van der Waals surface area (Å²) in [5.41, 5.74) is 3.68. The molecule has 2 amide bonds. The van der Waals surface area contributed by atoms with E-state index in [-0.39, 0.29) is 19.6 Å². The minimum absolute atomic E-state index is 0.0961. The predicted molar refractivity (Wildman–Crippen MR) is 148 cm³/mol. The summed E-state index contributed by atoms with van der Waals surface area (Å²) in [7, 11) is 1.30. The number of amides is 2. The second kappa shape index (κ2) is 11.8. The summed E-state index contributed by atoms with van der Waals surface area (Å²) in [4.78, 5) is 41.0. The molecule has 7 heteroatoms. The first-order valence-electron chi connectivity index (χ1n) is 12.9. The van der Waals surface area contributed by atoms with Gasteiger partial charge in [0.15, 0.2) is 0 Å². The van der Waals surface area contributed by atoms with Crippen molar-refractivity contribution in [2.75, 3.05) is 7.11 Å². The number of carbonyl (C=O) groups is 3. The minimum Gasteiger partial charge on any atom is -0.467 e. The Labute approximate surface area is 227 Å². The topological polar surface area (TPSA) is 84.9 Å². The molecule has 4 aromatic carbocycles. The minimum atomic E-state index is -0.914. The normalized spacial score (nSPS) is 15.2.